The van der Waals surface area contributed by atoms with Gasteiger partial charge in [-0.2, -0.15) is 0 Å². The van der Waals surface area contributed by atoms with Crippen molar-refractivity contribution in [3.63, 3.8) is 0 Å². The van der Waals surface area contributed by atoms with Crippen molar-refractivity contribution in [2.24, 2.45) is 11.3 Å². The monoisotopic (exact) mass is 543 g/mol. The van der Waals surface area contributed by atoms with Crippen LogP contribution >= 0.6 is 9.03 Å². The lowest BCUT2D eigenvalue weighted by atomic mass is 9.88. The molecule has 3 rings (SSSR count). The molecule has 0 spiro atoms. The molecule has 0 saturated carbocycles. The summed E-state index contributed by atoms with van der Waals surface area (Å²) in [5.41, 5.74) is 4.41. The molecule has 2 aromatic rings. The van der Waals surface area contributed by atoms with E-state index in [9.17, 15) is 0 Å². The molecule has 1 aliphatic heterocycles. The molecule has 0 N–H and O–H groups in total. The molecule has 2 aromatic carbocycles. The molecule has 1 fully saturated rings. The van der Waals surface area contributed by atoms with Crippen LogP contribution in [-0.4, -0.2) is 40.0 Å². The van der Waals surface area contributed by atoms with Crippen LogP contribution in [0.25, 0.3) is 0 Å². The van der Waals surface area contributed by atoms with Crippen LogP contribution in [-0.2, 0) is 15.5 Å². The van der Waals surface area contributed by atoms with Crippen molar-refractivity contribution in [3.8, 4) is 11.5 Å². The summed E-state index contributed by atoms with van der Waals surface area (Å²) in [5, 5.41) is 0. The first-order chi connectivity index (χ1) is 18.3. The summed E-state index contributed by atoms with van der Waals surface area (Å²) in [6, 6.07) is 15.1. The number of anilines is 1. The van der Waals surface area contributed by atoms with Gasteiger partial charge in [0.1, 0.15) is 11.5 Å². The van der Waals surface area contributed by atoms with E-state index >= 15 is 0 Å². The lowest BCUT2D eigenvalue weighted by Gasteiger charge is -2.35. The van der Waals surface area contributed by atoms with Crippen molar-refractivity contribution in [1.29, 1.82) is 0 Å². The number of aryl methyl sites for hydroxylation is 1. The van der Waals surface area contributed by atoms with Crippen molar-refractivity contribution in [2.45, 2.75) is 79.1 Å². The first-order valence-corrected chi connectivity index (χ1v) is 15.2. The van der Waals surface area contributed by atoms with Gasteiger partial charge < -0.3 is 23.4 Å². The quantitative estimate of drug-likeness (QED) is 0.167. The van der Waals surface area contributed by atoms with Crippen LogP contribution in [0.5, 0.6) is 11.5 Å². The van der Waals surface area contributed by atoms with Crippen molar-refractivity contribution in [3.05, 3.63) is 53.6 Å². The molecule has 1 saturated heterocycles. The number of benzene rings is 2. The van der Waals surface area contributed by atoms with E-state index in [4.69, 9.17) is 18.5 Å². The Morgan fingerprint density at radius 1 is 1.03 bits per heavy atom. The van der Waals surface area contributed by atoms with Crippen LogP contribution in [0.2, 0.25) is 0 Å². The summed E-state index contributed by atoms with van der Waals surface area (Å²) in [5.74, 6) is 2.77. The highest BCUT2D eigenvalue weighted by Crippen LogP contribution is 2.33. The average molecular weight is 544 g/mol. The average Bonchev–Trinajstić information content (AvgIpc) is 2.91. The van der Waals surface area contributed by atoms with E-state index in [1.807, 2.05) is 0 Å². The molecule has 0 bridgehead atoms. The summed E-state index contributed by atoms with van der Waals surface area (Å²) < 4.78 is 23.0. The Hall–Kier alpha value is -1.81. The smallest absolute Gasteiger partial charge is 0.155 e. The van der Waals surface area contributed by atoms with Crippen LogP contribution in [0, 0.1) is 11.3 Å². The second kappa shape index (κ2) is 15.7. The molecule has 1 aliphatic rings. The summed E-state index contributed by atoms with van der Waals surface area (Å²) in [6.07, 6.45) is 6.86. The van der Waals surface area contributed by atoms with Crippen LogP contribution in [0.15, 0.2) is 42.5 Å². The van der Waals surface area contributed by atoms with E-state index in [2.05, 4.69) is 82.0 Å². The topological polar surface area (TPSA) is 40.2 Å². The predicted molar refractivity (Wildman–Crippen MR) is 161 cm³/mol. The number of ether oxygens (including phenoxy) is 2. The van der Waals surface area contributed by atoms with Crippen LogP contribution in [0.4, 0.5) is 5.69 Å². The van der Waals surface area contributed by atoms with Gasteiger partial charge in [-0.05, 0) is 79.2 Å². The van der Waals surface area contributed by atoms with Gasteiger partial charge in [0.2, 0.25) is 0 Å². The van der Waals surface area contributed by atoms with Gasteiger partial charge in [0.15, 0.2) is 9.03 Å². The third kappa shape index (κ3) is 10.4. The van der Waals surface area contributed by atoms with Gasteiger partial charge in [0, 0.05) is 30.8 Å². The molecule has 5 nitrogen and oxygen atoms in total. The van der Waals surface area contributed by atoms with Crippen molar-refractivity contribution in [1.82, 2.24) is 0 Å². The van der Waals surface area contributed by atoms with E-state index in [0.29, 0.717) is 23.9 Å². The van der Waals surface area contributed by atoms with Crippen molar-refractivity contribution in [2.75, 3.05) is 44.9 Å². The molecular weight excluding hydrogens is 493 g/mol. The van der Waals surface area contributed by atoms with Gasteiger partial charge in [-0.3, -0.25) is 0 Å². The highest BCUT2D eigenvalue weighted by molar-refractivity contribution is 7.26. The lowest BCUT2D eigenvalue weighted by Crippen LogP contribution is -2.36. The summed E-state index contributed by atoms with van der Waals surface area (Å²) >= 11 is 0. The van der Waals surface area contributed by atoms with Crippen molar-refractivity contribution < 1.29 is 18.5 Å². The molecule has 1 unspecified atom stereocenters. The Bertz CT molecular complexity index is 953. The SMILES string of the molecule is CCCOPOC[C@@H](C)c1cccc(OCC2CCN(c3cc(OC)ccc3CCCC(C)(C)C)CC2)c1. The second-order valence-corrected chi connectivity index (χ2v) is 12.6. The molecular formula is C32H50NO4P. The predicted octanol–water partition coefficient (Wildman–Crippen LogP) is 8.41. The Labute approximate surface area is 233 Å². The maximum absolute atomic E-state index is 6.28. The van der Waals surface area contributed by atoms with Gasteiger partial charge in [0.05, 0.1) is 26.9 Å². The Kier molecular flexibility index (Phi) is 12.7. The number of rotatable bonds is 15. The zero-order chi connectivity index (χ0) is 27.4. The molecule has 38 heavy (non-hydrogen) atoms. The number of hydrogen-bond acceptors (Lipinski definition) is 5. The van der Waals surface area contributed by atoms with Crippen LogP contribution < -0.4 is 14.4 Å². The Morgan fingerprint density at radius 2 is 1.82 bits per heavy atom. The number of hydrogen-bond donors (Lipinski definition) is 0. The van der Waals surface area contributed by atoms with E-state index in [-0.39, 0.29) is 9.03 Å². The third-order valence-corrected chi connectivity index (χ3v) is 7.90. The number of nitrogens with zero attached hydrogens (tertiary/aromatic N) is 1. The molecule has 6 heteroatoms. The van der Waals surface area contributed by atoms with Gasteiger partial charge in [-0.15, -0.1) is 0 Å². The van der Waals surface area contributed by atoms with Gasteiger partial charge in [-0.25, -0.2) is 0 Å². The lowest BCUT2D eigenvalue weighted by molar-refractivity contribution is 0.222. The maximum Gasteiger partial charge on any atom is 0.155 e. The Morgan fingerprint density at radius 3 is 2.53 bits per heavy atom. The largest absolute Gasteiger partial charge is 0.497 e. The van der Waals surface area contributed by atoms with Crippen LogP contribution in [0.1, 0.15) is 83.8 Å². The number of methoxy groups -OCH3 is 1. The minimum Gasteiger partial charge on any atom is -0.497 e. The highest BCUT2D eigenvalue weighted by Gasteiger charge is 2.22. The Balaban J connectivity index is 1.49. The van der Waals surface area contributed by atoms with Crippen LogP contribution in [0.3, 0.4) is 0 Å². The molecule has 0 amide bonds. The molecule has 0 aliphatic carbocycles. The van der Waals surface area contributed by atoms with Gasteiger partial charge >= 0.3 is 0 Å². The maximum atomic E-state index is 6.28. The normalized spacial score (nSPS) is 15.8. The van der Waals surface area contributed by atoms with E-state index in [0.717, 1.165) is 63.5 Å². The molecule has 212 valence electrons. The third-order valence-electron chi connectivity index (χ3n) is 7.29. The van der Waals surface area contributed by atoms with Gasteiger partial charge in [-0.1, -0.05) is 52.8 Å². The first-order valence-electron chi connectivity index (χ1n) is 14.4. The first kappa shape index (κ1) is 30.7. The summed E-state index contributed by atoms with van der Waals surface area (Å²) in [7, 11) is 1.87. The summed E-state index contributed by atoms with van der Waals surface area (Å²) in [6.45, 7) is 15.6. The zero-order valence-electron chi connectivity index (χ0n) is 24.6. The molecule has 1 heterocycles. The summed E-state index contributed by atoms with van der Waals surface area (Å²) in [4.78, 5) is 2.55. The van der Waals surface area contributed by atoms with E-state index in [1.54, 1.807) is 7.11 Å². The second-order valence-electron chi connectivity index (χ2n) is 11.9. The number of piperidine rings is 1. The fourth-order valence-electron chi connectivity index (χ4n) is 4.89. The zero-order valence-corrected chi connectivity index (χ0v) is 25.6. The molecule has 0 radical (unpaired) electrons. The van der Waals surface area contributed by atoms with E-state index < -0.39 is 0 Å². The fourth-order valence-corrected chi connectivity index (χ4v) is 5.58. The van der Waals surface area contributed by atoms with E-state index in [1.165, 1.54) is 29.7 Å². The molecule has 0 aromatic heterocycles. The fraction of sp³-hybridized carbons (Fsp3) is 0.625. The van der Waals surface area contributed by atoms with Crippen molar-refractivity contribution >= 4 is 14.7 Å². The standard InChI is InChI=1S/C32H50NO4P/c1-7-20-36-38-37-23-25(2)28-10-8-12-30(21-28)35-24-26-15-18-33(19-16-26)31-22-29(34-6)14-13-27(31)11-9-17-32(3,4)5/h8,10,12-14,21-22,25-26,38H,7,9,11,15-20,23-24H2,1-6H3/t25-/m1/s1. The minimum atomic E-state index is 0.117. The molecule has 2 atom stereocenters. The van der Waals surface area contributed by atoms with Gasteiger partial charge in [0.25, 0.3) is 0 Å². The highest BCUT2D eigenvalue weighted by atomic mass is 31.1. The minimum absolute atomic E-state index is 0.117.